The first-order valence-corrected chi connectivity index (χ1v) is 7.55. The van der Waals surface area contributed by atoms with Gasteiger partial charge in [0.05, 0.1) is 19.2 Å². The molecule has 6 nitrogen and oxygen atoms in total. The van der Waals surface area contributed by atoms with Crippen LogP contribution in [0.3, 0.4) is 0 Å². The summed E-state index contributed by atoms with van der Waals surface area (Å²) in [5, 5.41) is 7.13. The molecule has 2 aromatic carbocycles. The Bertz CT molecular complexity index is 864. The van der Waals surface area contributed by atoms with Crippen LogP contribution in [-0.2, 0) is 6.54 Å². The fourth-order valence-corrected chi connectivity index (χ4v) is 2.34. The van der Waals surface area contributed by atoms with Gasteiger partial charge < -0.3 is 14.6 Å². The van der Waals surface area contributed by atoms with Gasteiger partial charge in [0.25, 0.3) is 5.91 Å². The fourth-order valence-electron chi connectivity index (χ4n) is 2.15. The highest BCUT2D eigenvalue weighted by Gasteiger charge is 2.14. The second-order valence-corrected chi connectivity index (χ2v) is 5.34. The molecular formula is C17H14ClN3O3. The first-order chi connectivity index (χ1) is 11.7. The van der Waals surface area contributed by atoms with Gasteiger partial charge in [-0.2, -0.15) is 4.98 Å². The van der Waals surface area contributed by atoms with E-state index in [1.54, 1.807) is 31.4 Å². The van der Waals surface area contributed by atoms with E-state index in [2.05, 4.69) is 15.5 Å². The molecule has 122 valence electrons. The fraction of sp³-hybridized carbons (Fsp3) is 0.118. The second kappa shape index (κ2) is 7.14. The van der Waals surface area contributed by atoms with E-state index in [1.807, 2.05) is 24.3 Å². The number of carbonyl (C=O) groups is 1. The van der Waals surface area contributed by atoms with Crippen LogP contribution in [0.2, 0.25) is 5.02 Å². The van der Waals surface area contributed by atoms with Crippen LogP contribution in [0.5, 0.6) is 5.75 Å². The number of benzene rings is 2. The van der Waals surface area contributed by atoms with Crippen LogP contribution in [0.1, 0.15) is 16.2 Å². The summed E-state index contributed by atoms with van der Waals surface area (Å²) in [6.45, 7) is 0.119. The Balaban J connectivity index is 1.69. The van der Waals surface area contributed by atoms with Gasteiger partial charge in [-0.3, -0.25) is 4.79 Å². The molecule has 0 aliphatic heterocycles. The monoisotopic (exact) mass is 343 g/mol. The predicted octanol–water partition coefficient (Wildman–Crippen LogP) is 3.33. The SMILES string of the molecule is COc1ccccc1-c1noc(CNC(=O)c2cccc(Cl)c2)n1. The molecule has 0 unspecified atom stereocenters. The normalized spacial score (nSPS) is 10.4. The largest absolute Gasteiger partial charge is 0.496 e. The zero-order valence-electron chi connectivity index (χ0n) is 12.8. The third kappa shape index (κ3) is 3.55. The van der Waals surface area contributed by atoms with Gasteiger partial charge in [-0.05, 0) is 30.3 Å². The van der Waals surface area contributed by atoms with E-state index in [9.17, 15) is 4.79 Å². The third-order valence-electron chi connectivity index (χ3n) is 3.30. The van der Waals surface area contributed by atoms with Crippen molar-refractivity contribution in [3.8, 4) is 17.1 Å². The summed E-state index contributed by atoms with van der Waals surface area (Å²) >= 11 is 5.87. The lowest BCUT2D eigenvalue weighted by molar-refractivity contribution is 0.0946. The number of aromatic nitrogens is 2. The van der Waals surface area contributed by atoms with Crippen LogP contribution in [-0.4, -0.2) is 23.2 Å². The van der Waals surface area contributed by atoms with Crippen LogP contribution < -0.4 is 10.1 Å². The van der Waals surface area contributed by atoms with Crippen molar-refractivity contribution in [3.05, 3.63) is 65.0 Å². The number of hydrogen-bond donors (Lipinski definition) is 1. The standard InChI is InChI=1S/C17H14ClN3O3/c1-23-14-8-3-2-7-13(14)16-20-15(24-21-16)10-19-17(22)11-5-4-6-12(18)9-11/h2-9H,10H2,1H3,(H,19,22). The number of rotatable bonds is 5. The molecule has 0 spiro atoms. The van der Waals surface area contributed by atoms with E-state index in [-0.39, 0.29) is 12.5 Å². The number of halogens is 1. The quantitative estimate of drug-likeness (QED) is 0.768. The second-order valence-electron chi connectivity index (χ2n) is 4.91. The van der Waals surface area contributed by atoms with Crippen molar-refractivity contribution in [2.24, 2.45) is 0 Å². The molecule has 7 heteroatoms. The zero-order valence-corrected chi connectivity index (χ0v) is 13.6. The van der Waals surface area contributed by atoms with E-state index in [0.29, 0.717) is 28.1 Å². The summed E-state index contributed by atoms with van der Waals surface area (Å²) in [6, 6.07) is 14.0. The van der Waals surface area contributed by atoms with Crippen molar-refractivity contribution in [2.75, 3.05) is 7.11 Å². The molecule has 0 atom stereocenters. The summed E-state index contributed by atoms with van der Waals surface area (Å²) in [5.74, 6) is 1.08. The minimum Gasteiger partial charge on any atom is -0.496 e. The Morgan fingerprint density at radius 2 is 2.08 bits per heavy atom. The van der Waals surface area contributed by atoms with Crippen LogP contribution in [0.15, 0.2) is 53.1 Å². The maximum absolute atomic E-state index is 12.1. The van der Waals surface area contributed by atoms with E-state index in [1.165, 1.54) is 0 Å². The van der Waals surface area contributed by atoms with Crippen molar-refractivity contribution >= 4 is 17.5 Å². The Kier molecular flexibility index (Phi) is 4.77. The van der Waals surface area contributed by atoms with Gasteiger partial charge in [-0.15, -0.1) is 0 Å². The van der Waals surface area contributed by atoms with Gasteiger partial charge >= 0.3 is 0 Å². The lowest BCUT2D eigenvalue weighted by Gasteiger charge is -2.03. The molecule has 0 saturated heterocycles. The molecule has 24 heavy (non-hydrogen) atoms. The van der Waals surface area contributed by atoms with Crippen molar-refractivity contribution in [1.29, 1.82) is 0 Å². The Morgan fingerprint density at radius 3 is 2.88 bits per heavy atom. The molecule has 3 rings (SSSR count). The minimum absolute atomic E-state index is 0.119. The van der Waals surface area contributed by atoms with Crippen LogP contribution in [0, 0.1) is 0 Å². The highest BCUT2D eigenvalue weighted by atomic mass is 35.5. The highest BCUT2D eigenvalue weighted by Crippen LogP contribution is 2.26. The minimum atomic E-state index is -0.269. The van der Waals surface area contributed by atoms with Gasteiger partial charge in [0, 0.05) is 10.6 Å². The van der Waals surface area contributed by atoms with E-state index in [4.69, 9.17) is 20.9 Å². The summed E-state index contributed by atoms with van der Waals surface area (Å²) < 4.78 is 10.4. The molecule has 0 fully saturated rings. The van der Waals surface area contributed by atoms with Crippen LogP contribution in [0.25, 0.3) is 11.4 Å². The number of hydrogen-bond acceptors (Lipinski definition) is 5. The number of amides is 1. The van der Waals surface area contributed by atoms with Gasteiger partial charge in [-0.1, -0.05) is 35.0 Å². The molecule has 1 amide bonds. The topological polar surface area (TPSA) is 77.3 Å². The van der Waals surface area contributed by atoms with Gasteiger partial charge in [0.2, 0.25) is 11.7 Å². The van der Waals surface area contributed by atoms with E-state index in [0.717, 1.165) is 5.56 Å². The molecule has 0 radical (unpaired) electrons. The Labute approximate surface area is 143 Å². The molecule has 3 aromatic rings. The summed E-state index contributed by atoms with van der Waals surface area (Å²) in [6.07, 6.45) is 0. The van der Waals surface area contributed by atoms with E-state index >= 15 is 0 Å². The molecular weight excluding hydrogens is 330 g/mol. The van der Waals surface area contributed by atoms with Crippen LogP contribution in [0.4, 0.5) is 0 Å². The molecule has 0 saturated carbocycles. The van der Waals surface area contributed by atoms with Crippen molar-refractivity contribution in [2.45, 2.75) is 6.54 Å². The lowest BCUT2D eigenvalue weighted by atomic mass is 10.2. The maximum atomic E-state index is 12.1. The first kappa shape index (κ1) is 16.0. The number of nitrogens with one attached hydrogen (secondary N) is 1. The first-order valence-electron chi connectivity index (χ1n) is 7.17. The Hall–Kier alpha value is -2.86. The number of nitrogens with zero attached hydrogens (tertiary/aromatic N) is 2. The number of carbonyl (C=O) groups excluding carboxylic acids is 1. The van der Waals surface area contributed by atoms with Gasteiger partial charge in [0.1, 0.15) is 5.75 Å². The smallest absolute Gasteiger partial charge is 0.251 e. The molecule has 1 N–H and O–H groups in total. The Morgan fingerprint density at radius 1 is 1.25 bits per heavy atom. The van der Waals surface area contributed by atoms with Crippen molar-refractivity contribution < 1.29 is 14.1 Å². The van der Waals surface area contributed by atoms with Crippen LogP contribution >= 0.6 is 11.6 Å². The summed E-state index contributed by atoms with van der Waals surface area (Å²) in [7, 11) is 1.57. The zero-order chi connectivity index (χ0) is 16.9. The molecule has 0 bridgehead atoms. The molecule has 0 aliphatic rings. The van der Waals surface area contributed by atoms with Crippen molar-refractivity contribution in [3.63, 3.8) is 0 Å². The number of methoxy groups -OCH3 is 1. The highest BCUT2D eigenvalue weighted by molar-refractivity contribution is 6.30. The number of ether oxygens (including phenoxy) is 1. The summed E-state index contributed by atoms with van der Waals surface area (Å²) in [5.41, 5.74) is 1.18. The molecule has 0 aliphatic carbocycles. The van der Waals surface area contributed by atoms with Gasteiger partial charge in [0.15, 0.2) is 0 Å². The predicted molar refractivity (Wildman–Crippen MR) is 88.9 cm³/mol. The van der Waals surface area contributed by atoms with Crippen molar-refractivity contribution in [1.82, 2.24) is 15.5 Å². The number of para-hydroxylation sites is 1. The lowest BCUT2D eigenvalue weighted by Crippen LogP contribution is -2.22. The molecule has 1 aromatic heterocycles. The maximum Gasteiger partial charge on any atom is 0.251 e. The molecule has 1 heterocycles. The average molecular weight is 344 g/mol. The van der Waals surface area contributed by atoms with Gasteiger partial charge in [-0.25, -0.2) is 0 Å². The van der Waals surface area contributed by atoms with E-state index < -0.39 is 0 Å². The average Bonchev–Trinajstić information content (AvgIpc) is 3.08. The summed E-state index contributed by atoms with van der Waals surface area (Å²) in [4.78, 5) is 16.3. The third-order valence-corrected chi connectivity index (χ3v) is 3.54.